The third kappa shape index (κ3) is 4.00. The number of aryl methyl sites for hydroxylation is 1. The molecular weight excluding hydrogens is 228 g/mol. The van der Waals surface area contributed by atoms with Crippen molar-refractivity contribution in [1.29, 1.82) is 0 Å². The fourth-order valence-corrected chi connectivity index (χ4v) is 1.81. The second-order valence-corrected chi connectivity index (χ2v) is 4.39. The monoisotopic (exact) mass is 246 g/mol. The van der Waals surface area contributed by atoms with Crippen molar-refractivity contribution in [3.8, 4) is 0 Å². The van der Waals surface area contributed by atoms with E-state index in [9.17, 15) is 4.79 Å². The van der Waals surface area contributed by atoms with Crippen molar-refractivity contribution >= 4 is 12.0 Å². The highest BCUT2D eigenvalue weighted by Crippen LogP contribution is 2.14. The van der Waals surface area contributed by atoms with Crippen LogP contribution in [0.5, 0.6) is 0 Å². The average molecular weight is 246 g/mol. The van der Waals surface area contributed by atoms with Crippen LogP contribution in [-0.4, -0.2) is 25.3 Å². The lowest BCUT2D eigenvalue weighted by molar-refractivity contribution is -0.144. The van der Waals surface area contributed by atoms with Gasteiger partial charge in [0.15, 0.2) is 0 Å². The van der Waals surface area contributed by atoms with Gasteiger partial charge in [-0.15, -0.1) is 0 Å². The van der Waals surface area contributed by atoms with E-state index >= 15 is 0 Å². The lowest BCUT2D eigenvalue weighted by Crippen LogP contribution is -2.09. The topological polar surface area (TPSA) is 38.8 Å². The van der Waals surface area contributed by atoms with Gasteiger partial charge < -0.3 is 9.47 Å². The van der Waals surface area contributed by atoms with Gasteiger partial charge >= 0.3 is 5.97 Å². The Balaban J connectivity index is 1.70. The van der Waals surface area contributed by atoms with Crippen LogP contribution in [0.25, 0.3) is 6.08 Å². The van der Waals surface area contributed by atoms with Gasteiger partial charge in [-0.2, -0.15) is 0 Å². The number of rotatable bonds is 7. The standard InChI is InChI=1S/C15H18O3/c1-2-12-6-3-4-7-13(12)8-5-9-15(16)18-11-14-10-17-14/h2-4,6-7,14H,1,5,8-11H2. The van der Waals surface area contributed by atoms with Gasteiger partial charge in [-0.05, 0) is 24.0 Å². The highest BCUT2D eigenvalue weighted by molar-refractivity contribution is 5.69. The number of hydrogen-bond donors (Lipinski definition) is 0. The molecule has 0 amide bonds. The van der Waals surface area contributed by atoms with E-state index in [4.69, 9.17) is 9.47 Å². The average Bonchev–Trinajstić information content (AvgIpc) is 3.21. The molecule has 0 bridgehead atoms. The quantitative estimate of drug-likeness (QED) is 0.548. The zero-order valence-electron chi connectivity index (χ0n) is 10.4. The van der Waals surface area contributed by atoms with Crippen molar-refractivity contribution in [3.63, 3.8) is 0 Å². The Morgan fingerprint density at radius 3 is 3.00 bits per heavy atom. The molecule has 1 heterocycles. The number of ether oxygens (including phenoxy) is 2. The Bertz CT molecular complexity index is 422. The summed E-state index contributed by atoms with van der Waals surface area (Å²) in [5.74, 6) is -0.137. The molecule has 0 N–H and O–H groups in total. The zero-order valence-corrected chi connectivity index (χ0v) is 10.4. The number of carbonyl (C=O) groups excluding carboxylic acids is 1. The van der Waals surface area contributed by atoms with E-state index in [0.29, 0.717) is 13.0 Å². The maximum Gasteiger partial charge on any atom is 0.305 e. The normalized spacial score (nSPS) is 17.2. The number of benzene rings is 1. The molecule has 3 nitrogen and oxygen atoms in total. The first-order valence-corrected chi connectivity index (χ1v) is 6.27. The molecular formula is C15H18O3. The van der Waals surface area contributed by atoms with E-state index in [2.05, 4.69) is 12.6 Å². The summed E-state index contributed by atoms with van der Waals surface area (Å²) in [5, 5.41) is 0. The van der Waals surface area contributed by atoms with Gasteiger partial charge in [-0.3, -0.25) is 4.79 Å². The molecule has 96 valence electrons. The van der Waals surface area contributed by atoms with Gasteiger partial charge in [-0.25, -0.2) is 0 Å². The van der Waals surface area contributed by atoms with E-state index in [1.807, 2.05) is 24.3 Å². The Labute approximate surface area is 107 Å². The van der Waals surface area contributed by atoms with Gasteiger partial charge in [0.25, 0.3) is 0 Å². The fraction of sp³-hybridized carbons (Fsp3) is 0.400. The van der Waals surface area contributed by atoms with Gasteiger partial charge in [0.05, 0.1) is 6.61 Å². The molecule has 18 heavy (non-hydrogen) atoms. The van der Waals surface area contributed by atoms with Crippen LogP contribution in [0.1, 0.15) is 24.0 Å². The van der Waals surface area contributed by atoms with Crippen LogP contribution in [0.15, 0.2) is 30.8 Å². The van der Waals surface area contributed by atoms with E-state index < -0.39 is 0 Å². The third-order valence-electron chi connectivity index (χ3n) is 2.93. The summed E-state index contributed by atoms with van der Waals surface area (Å²) in [6.45, 7) is 4.91. The molecule has 0 saturated carbocycles. The summed E-state index contributed by atoms with van der Waals surface area (Å²) in [4.78, 5) is 11.4. The van der Waals surface area contributed by atoms with Gasteiger partial charge in [-0.1, -0.05) is 36.9 Å². The Morgan fingerprint density at radius 1 is 1.50 bits per heavy atom. The van der Waals surface area contributed by atoms with Crippen molar-refractivity contribution < 1.29 is 14.3 Å². The molecule has 0 aromatic heterocycles. The minimum Gasteiger partial charge on any atom is -0.463 e. The fourth-order valence-electron chi connectivity index (χ4n) is 1.81. The van der Waals surface area contributed by atoms with Crippen LogP contribution < -0.4 is 0 Å². The minimum absolute atomic E-state index is 0.137. The summed E-state index contributed by atoms with van der Waals surface area (Å²) in [6.07, 6.45) is 4.12. The first kappa shape index (κ1) is 12.8. The highest BCUT2D eigenvalue weighted by atomic mass is 16.6. The number of hydrogen-bond acceptors (Lipinski definition) is 3. The molecule has 1 unspecified atom stereocenters. The van der Waals surface area contributed by atoms with Crippen LogP contribution in [-0.2, 0) is 20.7 Å². The third-order valence-corrected chi connectivity index (χ3v) is 2.93. The molecule has 1 aromatic rings. The summed E-state index contributed by atoms with van der Waals surface area (Å²) in [6, 6.07) is 8.10. The summed E-state index contributed by atoms with van der Waals surface area (Å²) in [7, 11) is 0. The maximum absolute atomic E-state index is 11.4. The lowest BCUT2D eigenvalue weighted by atomic mass is 10.0. The van der Waals surface area contributed by atoms with E-state index in [0.717, 1.165) is 25.0 Å². The van der Waals surface area contributed by atoms with E-state index in [-0.39, 0.29) is 12.1 Å². The van der Waals surface area contributed by atoms with Crippen LogP contribution >= 0.6 is 0 Å². The molecule has 1 aromatic carbocycles. The number of epoxide rings is 1. The Morgan fingerprint density at radius 2 is 2.28 bits per heavy atom. The second-order valence-electron chi connectivity index (χ2n) is 4.39. The molecule has 2 rings (SSSR count). The highest BCUT2D eigenvalue weighted by Gasteiger charge is 2.23. The molecule has 0 aliphatic carbocycles. The molecule has 3 heteroatoms. The van der Waals surface area contributed by atoms with Crippen LogP contribution in [0, 0.1) is 0 Å². The molecule has 0 radical (unpaired) electrons. The molecule has 1 fully saturated rings. The Kier molecular flexibility index (Phi) is 4.53. The van der Waals surface area contributed by atoms with Crippen molar-refractivity contribution in [1.82, 2.24) is 0 Å². The van der Waals surface area contributed by atoms with Crippen molar-refractivity contribution in [2.75, 3.05) is 13.2 Å². The van der Waals surface area contributed by atoms with Crippen LogP contribution in [0.4, 0.5) is 0 Å². The van der Waals surface area contributed by atoms with Crippen LogP contribution in [0.2, 0.25) is 0 Å². The van der Waals surface area contributed by atoms with E-state index in [1.54, 1.807) is 0 Å². The van der Waals surface area contributed by atoms with Gasteiger partial charge in [0.1, 0.15) is 12.7 Å². The largest absolute Gasteiger partial charge is 0.463 e. The van der Waals surface area contributed by atoms with Crippen molar-refractivity contribution in [2.24, 2.45) is 0 Å². The Hall–Kier alpha value is -1.61. The SMILES string of the molecule is C=Cc1ccccc1CCCC(=O)OCC1CO1. The summed E-state index contributed by atoms with van der Waals surface area (Å²) >= 11 is 0. The van der Waals surface area contributed by atoms with Crippen molar-refractivity contribution in [3.05, 3.63) is 42.0 Å². The summed E-state index contributed by atoms with van der Waals surface area (Å²) in [5.41, 5.74) is 2.36. The van der Waals surface area contributed by atoms with Crippen molar-refractivity contribution in [2.45, 2.75) is 25.4 Å². The van der Waals surface area contributed by atoms with Gasteiger partial charge in [0.2, 0.25) is 0 Å². The molecule has 1 saturated heterocycles. The predicted octanol–water partition coefficient (Wildman–Crippen LogP) is 2.59. The second kappa shape index (κ2) is 6.36. The summed E-state index contributed by atoms with van der Waals surface area (Å²) < 4.78 is 10.1. The first-order chi connectivity index (χ1) is 8.79. The minimum atomic E-state index is -0.137. The van der Waals surface area contributed by atoms with E-state index in [1.165, 1.54) is 5.56 Å². The maximum atomic E-state index is 11.4. The number of esters is 1. The zero-order chi connectivity index (χ0) is 12.8. The molecule has 1 aliphatic heterocycles. The van der Waals surface area contributed by atoms with Crippen LogP contribution in [0.3, 0.4) is 0 Å². The predicted molar refractivity (Wildman–Crippen MR) is 70.2 cm³/mol. The number of carbonyl (C=O) groups is 1. The van der Waals surface area contributed by atoms with Gasteiger partial charge in [0, 0.05) is 6.42 Å². The smallest absolute Gasteiger partial charge is 0.305 e. The molecule has 1 atom stereocenters. The lowest BCUT2D eigenvalue weighted by Gasteiger charge is -2.06. The molecule has 0 spiro atoms. The molecule has 1 aliphatic rings. The first-order valence-electron chi connectivity index (χ1n) is 6.27.